The van der Waals surface area contributed by atoms with E-state index in [0.29, 0.717) is 11.3 Å². The fourth-order valence-electron chi connectivity index (χ4n) is 3.92. The average Bonchev–Trinajstić information content (AvgIpc) is 3.28. The third-order valence-corrected chi connectivity index (χ3v) is 6.23. The molecule has 0 radical (unpaired) electrons. The van der Waals surface area contributed by atoms with Crippen LogP contribution < -0.4 is 21.4 Å². The number of allylic oxidation sites excluding steroid dienone is 1. The van der Waals surface area contributed by atoms with Gasteiger partial charge in [-0.25, -0.2) is 10.2 Å². The Morgan fingerprint density at radius 1 is 1.20 bits per heavy atom. The number of nitro benzene ring substituents is 1. The van der Waals surface area contributed by atoms with Gasteiger partial charge in [-0.2, -0.15) is 10.1 Å². The van der Waals surface area contributed by atoms with E-state index in [2.05, 4.69) is 15.5 Å². The van der Waals surface area contributed by atoms with E-state index in [1.807, 2.05) is 25.1 Å². The second-order valence-corrected chi connectivity index (χ2v) is 9.34. The number of para-hydroxylation sites is 1. The number of anilines is 1. The van der Waals surface area contributed by atoms with Crippen LogP contribution in [0.2, 0.25) is 0 Å². The van der Waals surface area contributed by atoms with Crippen molar-refractivity contribution in [3.63, 3.8) is 0 Å². The van der Waals surface area contributed by atoms with Crippen molar-refractivity contribution in [3.05, 3.63) is 95.6 Å². The minimum Gasteiger partial charge on any atom is -0.491 e. The van der Waals surface area contributed by atoms with Gasteiger partial charge in [0.2, 0.25) is 5.95 Å². The highest BCUT2D eigenvalue weighted by Crippen LogP contribution is 2.19. The molecule has 0 fully saturated rings. The maximum absolute atomic E-state index is 13.0. The number of nitro groups is 1. The molecule has 2 heterocycles. The monoisotopic (exact) mass is 567 g/mol. The van der Waals surface area contributed by atoms with Crippen LogP contribution in [0.1, 0.15) is 11.1 Å². The summed E-state index contributed by atoms with van der Waals surface area (Å²) in [4.78, 5) is 40.2. The molecule has 0 amide bonds. The molecule has 2 N–H and O–H groups in total. The topological polar surface area (TPSA) is 159 Å². The summed E-state index contributed by atoms with van der Waals surface area (Å²) in [7, 11) is 2.84. The number of aliphatic hydroxyl groups excluding tert-OH is 1. The number of nitrogens with zero attached hydrogens (tertiary/aromatic N) is 6. The molecule has 0 spiro atoms. The minimum absolute atomic E-state index is 0.0467. The van der Waals surface area contributed by atoms with E-state index in [1.54, 1.807) is 12.1 Å². The summed E-state index contributed by atoms with van der Waals surface area (Å²) in [5.74, 6) is 0.701. The Hall–Kier alpha value is -4.75. The fourth-order valence-corrected chi connectivity index (χ4v) is 4.09. The number of aliphatic hydroxyl groups is 1. The minimum atomic E-state index is -1.05. The molecule has 1 unspecified atom stereocenters. The van der Waals surface area contributed by atoms with Gasteiger partial charge in [-0.1, -0.05) is 29.8 Å². The summed E-state index contributed by atoms with van der Waals surface area (Å²) in [6.45, 7) is 1.72. The molecule has 4 aromatic rings. The van der Waals surface area contributed by atoms with Crippen LogP contribution in [0.15, 0.2) is 68.3 Å². The fraction of sp³-hybridized carbons (Fsp3) is 0.231. The molecule has 13 nitrogen and oxygen atoms in total. The van der Waals surface area contributed by atoms with E-state index in [-0.39, 0.29) is 41.0 Å². The summed E-state index contributed by atoms with van der Waals surface area (Å²) in [5.41, 5.74) is 3.23. The number of hydrazone groups is 1. The first kappa shape index (κ1) is 28.3. The molecule has 0 saturated heterocycles. The lowest BCUT2D eigenvalue weighted by Gasteiger charge is -2.16. The molecule has 0 bridgehead atoms. The number of rotatable bonds is 10. The van der Waals surface area contributed by atoms with Crippen LogP contribution in [0, 0.1) is 17.0 Å². The second-order valence-electron chi connectivity index (χ2n) is 8.90. The number of hydrogen-bond acceptors (Lipinski definition) is 9. The highest BCUT2D eigenvalue weighted by atomic mass is 35.5. The van der Waals surface area contributed by atoms with Gasteiger partial charge in [0.05, 0.1) is 22.7 Å². The van der Waals surface area contributed by atoms with Crippen LogP contribution in [0.4, 0.5) is 11.6 Å². The lowest BCUT2D eigenvalue weighted by molar-refractivity contribution is -0.384. The lowest BCUT2D eigenvalue weighted by atomic mass is 10.2. The number of aromatic nitrogens is 4. The Bertz CT molecular complexity index is 1740. The van der Waals surface area contributed by atoms with Crippen LogP contribution in [-0.2, 0) is 20.6 Å². The normalized spacial score (nSPS) is 12.7. The van der Waals surface area contributed by atoms with Crippen molar-refractivity contribution in [1.82, 2.24) is 18.7 Å². The molecule has 40 heavy (non-hydrogen) atoms. The molecule has 0 saturated carbocycles. The largest absolute Gasteiger partial charge is 0.491 e. The quantitative estimate of drug-likeness (QED) is 0.168. The van der Waals surface area contributed by atoms with Gasteiger partial charge in [0.1, 0.15) is 18.5 Å². The molecule has 208 valence electrons. The third kappa shape index (κ3) is 6.11. The summed E-state index contributed by atoms with van der Waals surface area (Å²) in [6.07, 6.45) is 1.78. The molecular weight excluding hydrogens is 542 g/mol. The number of imidazole rings is 1. The Labute approximate surface area is 232 Å². The van der Waals surface area contributed by atoms with Crippen LogP contribution >= 0.6 is 11.6 Å². The first-order chi connectivity index (χ1) is 19.1. The number of ether oxygens (including phenoxy) is 1. The smallest absolute Gasteiger partial charge is 0.332 e. The van der Waals surface area contributed by atoms with Crippen LogP contribution in [-0.4, -0.2) is 47.6 Å². The molecule has 14 heteroatoms. The number of non-ortho nitro benzene ring substituents is 1. The van der Waals surface area contributed by atoms with E-state index in [0.717, 1.165) is 10.1 Å². The van der Waals surface area contributed by atoms with Crippen molar-refractivity contribution >= 4 is 46.7 Å². The van der Waals surface area contributed by atoms with Crippen molar-refractivity contribution in [3.8, 4) is 5.75 Å². The highest BCUT2D eigenvalue weighted by Gasteiger charge is 2.21. The van der Waals surface area contributed by atoms with Crippen LogP contribution in [0.25, 0.3) is 17.2 Å². The maximum Gasteiger partial charge on any atom is 0.332 e. The summed E-state index contributed by atoms with van der Waals surface area (Å²) in [5, 5.41) is 25.9. The molecule has 2 aromatic carbocycles. The third-order valence-electron chi connectivity index (χ3n) is 6.03. The summed E-state index contributed by atoms with van der Waals surface area (Å²) >= 11 is 6.25. The molecule has 0 aliphatic rings. The molecule has 0 aliphatic carbocycles. The summed E-state index contributed by atoms with van der Waals surface area (Å²) < 4.78 is 9.35. The maximum atomic E-state index is 13.0. The first-order valence-electron chi connectivity index (χ1n) is 12.0. The van der Waals surface area contributed by atoms with Gasteiger partial charge in [0.25, 0.3) is 11.2 Å². The Morgan fingerprint density at radius 2 is 1.90 bits per heavy atom. The van der Waals surface area contributed by atoms with Gasteiger partial charge in [-0.05, 0) is 42.3 Å². The predicted octanol–water partition coefficient (Wildman–Crippen LogP) is 2.77. The van der Waals surface area contributed by atoms with E-state index >= 15 is 0 Å². The second kappa shape index (κ2) is 12.0. The standard InChI is InChI=1S/C26H26ClN7O6/c1-16-6-4-5-7-21(16)40-15-20(35)14-33-22-23(31(2)26(37)32(3)24(22)36)29-25(33)30-28-13-18(27)12-17-8-10-19(11-9-17)34(38)39/h4-13,20,35H,14-15H2,1-3H3,(H,29,30)/b18-12-,28-13+. The molecule has 1 atom stereocenters. The van der Waals surface area contributed by atoms with E-state index in [9.17, 15) is 24.8 Å². The van der Waals surface area contributed by atoms with Gasteiger partial charge >= 0.3 is 5.69 Å². The van der Waals surface area contributed by atoms with Crippen molar-refractivity contribution in [2.45, 2.75) is 19.6 Å². The zero-order chi connectivity index (χ0) is 29.0. The number of benzene rings is 2. The van der Waals surface area contributed by atoms with E-state index in [1.165, 1.54) is 53.7 Å². The number of hydrogen-bond donors (Lipinski definition) is 2. The van der Waals surface area contributed by atoms with Crippen molar-refractivity contribution in [2.24, 2.45) is 19.2 Å². The Kier molecular flexibility index (Phi) is 8.46. The molecular formula is C26H26ClN7O6. The zero-order valence-corrected chi connectivity index (χ0v) is 22.6. The van der Waals surface area contributed by atoms with E-state index < -0.39 is 22.3 Å². The van der Waals surface area contributed by atoms with Crippen LogP contribution in [0.5, 0.6) is 5.75 Å². The number of aryl methyl sites for hydroxylation is 2. The van der Waals surface area contributed by atoms with Crippen molar-refractivity contribution in [2.75, 3.05) is 12.0 Å². The average molecular weight is 568 g/mol. The SMILES string of the molecule is Cc1ccccc1OCC(O)Cn1c(N/N=C/C(Cl)=C/c2ccc([N+](=O)[O-])cc2)nc2c1c(=O)n(C)c(=O)n2C. The first-order valence-corrected chi connectivity index (χ1v) is 12.4. The van der Waals surface area contributed by atoms with Crippen molar-refractivity contribution in [1.29, 1.82) is 0 Å². The number of halogens is 1. The number of nitrogens with one attached hydrogen (secondary N) is 1. The molecule has 0 aliphatic heterocycles. The Morgan fingerprint density at radius 3 is 2.58 bits per heavy atom. The number of fused-ring (bicyclic) bond motifs is 1. The van der Waals surface area contributed by atoms with Crippen LogP contribution in [0.3, 0.4) is 0 Å². The molecule has 4 rings (SSSR count). The predicted molar refractivity (Wildman–Crippen MR) is 152 cm³/mol. The van der Waals surface area contributed by atoms with E-state index in [4.69, 9.17) is 16.3 Å². The lowest BCUT2D eigenvalue weighted by Crippen LogP contribution is -2.38. The highest BCUT2D eigenvalue weighted by molar-refractivity contribution is 6.41. The van der Waals surface area contributed by atoms with Gasteiger partial charge < -0.3 is 14.4 Å². The summed E-state index contributed by atoms with van der Waals surface area (Å²) in [6, 6.07) is 13.2. The van der Waals surface area contributed by atoms with Gasteiger partial charge in [0.15, 0.2) is 11.2 Å². The van der Waals surface area contributed by atoms with Gasteiger partial charge in [0, 0.05) is 26.2 Å². The molecule has 2 aromatic heterocycles. The van der Waals surface area contributed by atoms with Gasteiger partial charge in [-0.3, -0.25) is 24.0 Å². The van der Waals surface area contributed by atoms with Gasteiger partial charge in [-0.15, -0.1) is 0 Å². The van der Waals surface area contributed by atoms with Crippen molar-refractivity contribution < 1.29 is 14.8 Å². The Balaban J connectivity index is 1.60. The zero-order valence-electron chi connectivity index (χ0n) is 21.8.